The third-order valence-electron chi connectivity index (χ3n) is 2.19. The Morgan fingerprint density at radius 3 is 1.62 bits per heavy atom. The van der Waals surface area contributed by atoms with E-state index < -0.39 is 23.5 Å². The molecule has 4 nitrogen and oxygen atoms in total. The monoisotopic (exact) mass is 192 g/mol. The van der Waals surface area contributed by atoms with Gasteiger partial charge in [-0.15, -0.1) is 0 Å². The Balaban J connectivity index is 4.91. The fourth-order valence-corrected chi connectivity index (χ4v) is 1.21. The van der Waals surface area contributed by atoms with Crippen LogP contribution < -0.4 is 0 Å². The lowest BCUT2D eigenvalue weighted by molar-refractivity contribution is -0.162. The predicted molar refractivity (Wildman–Crippen MR) is 43.2 cm³/mol. The first-order chi connectivity index (χ1) is 5.89. The van der Waals surface area contributed by atoms with Gasteiger partial charge in [0.1, 0.15) is 5.67 Å². The molecule has 0 aliphatic heterocycles. The Morgan fingerprint density at radius 1 is 1.23 bits per heavy atom. The highest BCUT2D eigenvalue weighted by Crippen LogP contribution is 2.30. The molecule has 0 aromatic rings. The van der Waals surface area contributed by atoms with E-state index in [-0.39, 0.29) is 12.8 Å². The van der Waals surface area contributed by atoms with Crippen molar-refractivity contribution >= 4 is 11.9 Å². The maximum atomic E-state index is 13.7. The molecule has 0 unspecified atom stereocenters. The van der Waals surface area contributed by atoms with Crippen LogP contribution in [0.2, 0.25) is 0 Å². The molecule has 0 radical (unpaired) electrons. The number of carboxylic acids is 2. The normalized spacial score (nSPS) is 11.7. The molecule has 76 valence electrons. The molecule has 0 bridgehead atoms. The van der Waals surface area contributed by atoms with Crippen molar-refractivity contribution in [3.63, 3.8) is 0 Å². The zero-order valence-electron chi connectivity index (χ0n) is 7.58. The molecule has 0 amide bonds. The molecule has 0 saturated carbocycles. The van der Waals surface area contributed by atoms with Crippen LogP contribution in [-0.2, 0) is 9.59 Å². The number of carboxylic acid groups (broad SMARTS) is 2. The Bertz CT molecular complexity index is 196. The minimum atomic E-state index is -2.16. The summed E-state index contributed by atoms with van der Waals surface area (Å²) in [6, 6.07) is 0. The SMILES string of the molecule is CCC(F)(CC)C(C(=O)O)C(=O)O. The molecule has 13 heavy (non-hydrogen) atoms. The van der Waals surface area contributed by atoms with E-state index in [0.717, 1.165) is 0 Å². The molecule has 0 spiro atoms. The van der Waals surface area contributed by atoms with E-state index in [0.29, 0.717) is 0 Å². The first kappa shape index (κ1) is 11.9. The number of aliphatic carboxylic acids is 2. The van der Waals surface area contributed by atoms with Gasteiger partial charge >= 0.3 is 11.9 Å². The van der Waals surface area contributed by atoms with Crippen LogP contribution in [0.5, 0.6) is 0 Å². The van der Waals surface area contributed by atoms with E-state index in [9.17, 15) is 14.0 Å². The molecule has 0 aliphatic rings. The summed E-state index contributed by atoms with van der Waals surface area (Å²) in [5, 5.41) is 17.0. The zero-order chi connectivity index (χ0) is 10.6. The summed E-state index contributed by atoms with van der Waals surface area (Å²) in [4.78, 5) is 21.0. The average molecular weight is 192 g/mol. The zero-order valence-corrected chi connectivity index (χ0v) is 7.58. The van der Waals surface area contributed by atoms with Crippen molar-refractivity contribution < 1.29 is 24.2 Å². The van der Waals surface area contributed by atoms with E-state index in [1.165, 1.54) is 13.8 Å². The summed E-state index contributed by atoms with van der Waals surface area (Å²) in [7, 11) is 0. The summed E-state index contributed by atoms with van der Waals surface area (Å²) < 4.78 is 13.7. The standard InChI is InChI=1S/C8H13FO4/c1-3-8(9,4-2)5(6(10)11)7(12)13/h5H,3-4H2,1-2H3,(H,10,11)(H,12,13). The fraction of sp³-hybridized carbons (Fsp3) is 0.750. The van der Waals surface area contributed by atoms with Crippen molar-refractivity contribution in [2.45, 2.75) is 32.4 Å². The fourth-order valence-electron chi connectivity index (χ4n) is 1.21. The predicted octanol–water partition coefficient (Wildman–Crippen LogP) is 1.30. The number of carbonyl (C=O) groups is 2. The maximum absolute atomic E-state index is 13.7. The first-order valence-corrected chi connectivity index (χ1v) is 4.03. The number of alkyl halides is 1. The van der Waals surface area contributed by atoms with Crippen LogP contribution in [0.4, 0.5) is 4.39 Å². The summed E-state index contributed by atoms with van der Waals surface area (Å²) in [5.41, 5.74) is -2.16. The van der Waals surface area contributed by atoms with Crippen LogP contribution in [0, 0.1) is 5.92 Å². The van der Waals surface area contributed by atoms with E-state index >= 15 is 0 Å². The lowest BCUT2D eigenvalue weighted by Gasteiger charge is -2.25. The molecule has 2 N–H and O–H groups in total. The highest BCUT2D eigenvalue weighted by Gasteiger charge is 2.46. The molecule has 0 saturated heterocycles. The highest BCUT2D eigenvalue weighted by molar-refractivity contribution is 5.94. The second-order valence-corrected chi connectivity index (χ2v) is 2.85. The Hall–Kier alpha value is -1.13. The largest absolute Gasteiger partial charge is 0.481 e. The molecule has 0 aliphatic carbocycles. The lowest BCUT2D eigenvalue weighted by atomic mass is 9.84. The van der Waals surface area contributed by atoms with Crippen LogP contribution in [0.3, 0.4) is 0 Å². The van der Waals surface area contributed by atoms with Crippen LogP contribution in [0.15, 0.2) is 0 Å². The van der Waals surface area contributed by atoms with Gasteiger partial charge in [0.2, 0.25) is 0 Å². The smallest absolute Gasteiger partial charge is 0.321 e. The van der Waals surface area contributed by atoms with Gasteiger partial charge in [0.25, 0.3) is 0 Å². The molecular weight excluding hydrogens is 179 g/mol. The van der Waals surface area contributed by atoms with Crippen LogP contribution in [0.25, 0.3) is 0 Å². The van der Waals surface area contributed by atoms with Crippen molar-refractivity contribution in [2.75, 3.05) is 0 Å². The summed E-state index contributed by atoms with van der Waals surface area (Å²) in [6.45, 7) is 2.87. The Morgan fingerprint density at radius 2 is 1.54 bits per heavy atom. The van der Waals surface area contributed by atoms with Gasteiger partial charge in [-0.05, 0) is 12.8 Å². The van der Waals surface area contributed by atoms with Crippen molar-refractivity contribution in [1.29, 1.82) is 0 Å². The number of rotatable bonds is 5. The molecule has 0 aromatic heterocycles. The van der Waals surface area contributed by atoms with Gasteiger partial charge in [-0.2, -0.15) is 0 Å². The summed E-state index contributed by atoms with van der Waals surface area (Å²) in [6.07, 6.45) is -0.237. The second-order valence-electron chi connectivity index (χ2n) is 2.85. The highest BCUT2D eigenvalue weighted by atomic mass is 19.1. The van der Waals surface area contributed by atoms with Gasteiger partial charge in [0.15, 0.2) is 5.92 Å². The van der Waals surface area contributed by atoms with Gasteiger partial charge < -0.3 is 10.2 Å². The molecule has 0 atom stereocenters. The van der Waals surface area contributed by atoms with Gasteiger partial charge in [0.05, 0.1) is 0 Å². The molecule has 0 fully saturated rings. The van der Waals surface area contributed by atoms with Crippen LogP contribution in [-0.4, -0.2) is 27.8 Å². The average Bonchev–Trinajstić information content (AvgIpc) is 2.02. The van der Waals surface area contributed by atoms with Crippen molar-refractivity contribution in [3.8, 4) is 0 Å². The van der Waals surface area contributed by atoms with Crippen molar-refractivity contribution in [3.05, 3.63) is 0 Å². The van der Waals surface area contributed by atoms with Crippen molar-refractivity contribution in [2.24, 2.45) is 5.92 Å². The van der Waals surface area contributed by atoms with Crippen molar-refractivity contribution in [1.82, 2.24) is 0 Å². The van der Waals surface area contributed by atoms with Gasteiger partial charge in [-0.25, -0.2) is 4.39 Å². The first-order valence-electron chi connectivity index (χ1n) is 4.03. The maximum Gasteiger partial charge on any atom is 0.321 e. The van der Waals surface area contributed by atoms with E-state index in [2.05, 4.69) is 0 Å². The minimum absolute atomic E-state index is 0.118. The third-order valence-corrected chi connectivity index (χ3v) is 2.19. The second kappa shape index (κ2) is 4.20. The van der Waals surface area contributed by atoms with E-state index in [1.54, 1.807) is 0 Å². The van der Waals surface area contributed by atoms with Crippen LogP contribution in [0.1, 0.15) is 26.7 Å². The Labute approximate surface area is 75.4 Å². The molecule has 5 heteroatoms. The molecule has 0 aromatic carbocycles. The molecular formula is C8H13FO4. The van der Waals surface area contributed by atoms with E-state index in [1.807, 2.05) is 0 Å². The number of hydrogen-bond acceptors (Lipinski definition) is 2. The summed E-state index contributed by atoms with van der Waals surface area (Å²) >= 11 is 0. The molecule has 0 heterocycles. The third kappa shape index (κ3) is 2.40. The topological polar surface area (TPSA) is 74.6 Å². The van der Waals surface area contributed by atoms with Crippen LogP contribution >= 0.6 is 0 Å². The molecule has 0 rings (SSSR count). The van der Waals surface area contributed by atoms with Gasteiger partial charge in [-0.1, -0.05) is 13.8 Å². The van der Waals surface area contributed by atoms with Gasteiger partial charge in [0, 0.05) is 0 Å². The summed E-state index contributed by atoms with van der Waals surface area (Å²) in [5.74, 6) is -5.22. The number of halogens is 1. The lowest BCUT2D eigenvalue weighted by Crippen LogP contribution is -2.42. The Kier molecular flexibility index (Phi) is 3.84. The van der Waals surface area contributed by atoms with Gasteiger partial charge in [-0.3, -0.25) is 9.59 Å². The van der Waals surface area contributed by atoms with E-state index in [4.69, 9.17) is 10.2 Å². The number of hydrogen-bond donors (Lipinski definition) is 2. The minimum Gasteiger partial charge on any atom is -0.481 e. The quantitative estimate of drug-likeness (QED) is 0.644.